The molecule has 11 heavy (non-hydrogen) atoms. The van der Waals surface area contributed by atoms with E-state index in [0.29, 0.717) is 6.10 Å². The molecule has 2 heteroatoms. The zero-order valence-corrected chi connectivity index (χ0v) is 7.81. The number of hydrogen-bond donors (Lipinski definition) is 1. The molecule has 1 N–H and O–H groups in total. The van der Waals surface area contributed by atoms with Crippen molar-refractivity contribution in [3.8, 4) is 0 Å². The van der Waals surface area contributed by atoms with Crippen LogP contribution in [0.5, 0.6) is 0 Å². The summed E-state index contributed by atoms with van der Waals surface area (Å²) in [5.74, 6) is 0. The van der Waals surface area contributed by atoms with Gasteiger partial charge in [0.15, 0.2) is 0 Å². The maximum Gasteiger partial charge on any atom is 0.119 e. The normalized spacial score (nSPS) is 30.3. The first-order chi connectivity index (χ1) is 5.22. The first-order valence-electron chi connectivity index (χ1n) is 4.65. The van der Waals surface area contributed by atoms with E-state index in [-0.39, 0.29) is 5.72 Å². The van der Waals surface area contributed by atoms with Gasteiger partial charge in [-0.1, -0.05) is 13.8 Å². The summed E-state index contributed by atoms with van der Waals surface area (Å²) in [5, 5.41) is 3.44. The lowest BCUT2D eigenvalue weighted by molar-refractivity contribution is -0.139. The molecule has 0 amide bonds. The second-order valence-electron chi connectivity index (χ2n) is 3.35. The molecule has 0 saturated carbocycles. The number of rotatable bonds is 2. The SMILES string of the molecule is CCC1(CC)NCCC(C)O1. The zero-order valence-electron chi connectivity index (χ0n) is 7.81. The fraction of sp³-hybridized carbons (Fsp3) is 1.00. The Hall–Kier alpha value is -0.0800. The highest BCUT2D eigenvalue weighted by Gasteiger charge is 2.31. The van der Waals surface area contributed by atoms with Gasteiger partial charge in [0.25, 0.3) is 0 Å². The van der Waals surface area contributed by atoms with Crippen molar-refractivity contribution in [2.45, 2.75) is 51.9 Å². The lowest BCUT2D eigenvalue weighted by atomic mass is 10.0. The average Bonchev–Trinajstić information content (AvgIpc) is 2.04. The van der Waals surface area contributed by atoms with Gasteiger partial charge in [0.1, 0.15) is 5.72 Å². The second kappa shape index (κ2) is 3.55. The molecule has 1 atom stereocenters. The van der Waals surface area contributed by atoms with Crippen LogP contribution in [-0.4, -0.2) is 18.4 Å². The highest BCUT2D eigenvalue weighted by Crippen LogP contribution is 2.23. The van der Waals surface area contributed by atoms with Crippen LogP contribution < -0.4 is 5.32 Å². The lowest BCUT2D eigenvalue weighted by Crippen LogP contribution is -2.53. The lowest BCUT2D eigenvalue weighted by Gasteiger charge is -2.40. The Morgan fingerprint density at radius 1 is 1.45 bits per heavy atom. The summed E-state index contributed by atoms with van der Waals surface area (Å²) in [6.45, 7) is 7.60. The van der Waals surface area contributed by atoms with Gasteiger partial charge in [-0.15, -0.1) is 0 Å². The third kappa shape index (κ3) is 1.94. The summed E-state index contributed by atoms with van der Waals surface area (Å²) in [6, 6.07) is 0. The van der Waals surface area contributed by atoms with Gasteiger partial charge in [-0.25, -0.2) is 0 Å². The Morgan fingerprint density at radius 3 is 2.45 bits per heavy atom. The second-order valence-corrected chi connectivity index (χ2v) is 3.35. The summed E-state index contributed by atoms with van der Waals surface area (Å²) in [7, 11) is 0. The molecule has 0 bridgehead atoms. The first kappa shape index (κ1) is 9.01. The van der Waals surface area contributed by atoms with Gasteiger partial charge >= 0.3 is 0 Å². The van der Waals surface area contributed by atoms with Crippen molar-refractivity contribution in [1.82, 2.24) is 5.32 Å². The fourth-order valence-electron chi connectivity index (χ4n) is 1.66. The minimum absolute atomic E-state index is 0.0162. The molecule has 1 aliphatic rings. The van der Waals surface area contributed by atoms with Crippen LogP contribution in [0, 0.1) is 0 Å². The van der Waals surface area contributed by atoms with Crippen LogP contribution in [0.2, 0.25) is 0 Å². The van der Waals surface area contributed by atoms with Crippen molar-refractivity contribution in [3.63, 3.8) is 0 Å². The van der Waals surface area contributed by atoms with Gasteiger partial charge in [-0.05, 0) is 26.2 Å². The topological polar surface area (TPSA) is 21.3 Å². The van der Waals surface area contributed by atoms with Gasteiger partial charge < -0.3 is 4.74 Å². The molecular weight excluding hydrogens is 138 g/mol. The van der Waals surface area contributed by atoms with Crippen molar-refractivity contribution < 1.29 is 4.74 Å². The Kier molecular flexibility index (Phi) is 2.90. The van der Waals surface area contributed by atoms with Gasteiger partial charge in [-0.3, -0.25) is 5.32 Å². The largest absolute Gasteiger partial charge is 0.358 e. The van der Waals surface area contributed by atoms with Crippen LogP contribution in [-0.2, 0) is 4.74 Å². The van der Waals surface area contributed by atoms with Crippen LogP contribution >= 0.6 is 0 Å². The molecule has 1 aliphatic heterocycles. The molecule has 1 heterocycles. The van der Waals surface area contributed by atoms with Crippen molar-refractivity contribution in [2.75, 3.05) is 6.54 Å². The average molecular weight is 157 g/mol. The van der Waals surface area contributed by atoms with E-state index in [9.17, 15) is 0 Å². The van der Waals surface area contributed by atoms with Gasteiger partial charge in [0, 0.05) is 6.54 Å². The van der Waals surface area contributed by atoms with E-state index < -0.39 is 0 Å². The molecule has 1 saturated heterocycles. The summed E-state index contributed by atoms with van der Waals surface area (Å²) >= 11 is 0. The minimum Gasteiger partial charge on any atom is -0.358 e. The number of ether oxygens (including phenoxy) is 1. The quantitative estimate of drug-likeness (QED) is 0.661. The molecule has 0 spiro atoms. The molecule has 66 valence electrons. The molecule has 0 aromatic carbocycles. The summed E-state index contributed by atoms with van der Waals surface area (Å²) in [5.41, 5.74) is -0.0162. The Labute approximate surface area is 69.3 Å². The van der Waals surface area contributed by atoms with E-state index in [0.717, 1.165) is 25.8 Å². The predicted molar refractivity (Wildman–Crippen MR) is 46.5 cm³/mol. The highest BCUT2D eigenvalue weighted by atomic mass is 16.5. The van der Waals surface area contributed by atoms with E-state index >= 15 is 0 Å². The summed E-state index contributed by atoms with van der Waals surface area (Å²) in [6.07, 6.45) is 3.69. The van der Waals surface area contributed by atoms with Crippen molar-refractivity contribution in [1.29, 1.82) is 0 Å². The Bertz CT molecular complexity index is 121. The molecular formula is C9H19NO. The Balaban J connectivity index is 2.52. The number of nitrogens with one attached hydrogen (secondary N) is 1. The van der Waals surface area contributed by atoms with E-state index in [2.05, 4.69) is 26.1 Å². The molecule has 1 unspecified atom stereocenters. The van der Waals surface area contributed by atoms with E-state index in [4.69, 9.17) is 4.74 Å². The van der Waals surface area contributed by atoms with Gasteiger partial charge in [0.2, 0.25) is 0 Å². The van der Waals surface area contributed by atoms with E-state index in [1.807, 2.05) is 0 Å². The van der Waals surface area contributed by atoms with Gasteiger partial charge in [0.05, 0.1) is 6.10 Å². The molecule has 0 aromatic rings. The maximum absolute atomic E-state index is 5.86. The first-order valence-corrected chi connectivity index (χ1v) is 4.65. The van der Waals surface area contributed by atoms with Gasteiger partial charge in [-0.2, -0.15) is 0 Å². The zero-order chi connectivity index (χ0) is 8.32. The van der Waals surface area contributed by atoms with Crippen LogP contribution in [0.1, 0.15) is 40.0 Å². The van der Waals surface area contributed by atoms with E-state index in [1.165, 1.54) is 0 Å². The van der Waals surface area contributed by atoms with Crippen LogP contribution in [0.25, 0.3) is 0 Å². The van der Waals surface area contributed by atoms with Crippen LogP contribution in [0.15, 0.2) is 0 Å². The fourth-order valence-corrected chi connectivity index (χ4v) is 1.66. The minimum atomic E-state index is -0.0162. The van der Waals surface area contributed by atoms with E-state index in [1.54, 1.807) is 0 Å². The molecule has 0 aromatic heterocycles. The molecule has 2 nitrogen and oxygen atoms in total. The predicted octanol–water partition coefficient (Wildman–Crippen LogP) is 1.90. The van der Waals surface area contributed by atoms with Crippen LogP contribution in [0.4, 0.5) is 0 Å². The highest BCUT2D eigenvalue weighted by molar-refractivity contribution is 4.80. The molecule has 1 rings (SSSR count). The van der Waals surface area contributed by atoms with Crippen LogP contribution in [0.3, 0.4) is 0 Å². The molecule has 1 fully saturated rings. The smallest absolute Gasteiger partial charge is 0.119 e. The molecule has 0 radical (unpaired) electrons. The van der Waals surface area contributed by atoms with Crippen molar-refractivity contribution in [3.05, 3.63) is 0 Å². The number of hydrogen-bond acceptors (Lipinski definition) is 2. The third-order valence-electron chi connectivity index (χ3n) is 2.57. The third-order valence-corrected chi connectivity index (χ3v) is 2.57. The maximum atomic E-state index is 5.86. The Morgan fingerprint density at radius 2 is 2.09 bits per heavy atom. The standard InChI is InChI=1S/C9H19NO/c1-4-9(5-2)10-7-6-8(3)11-9/h8,10H,4-7H2,1-3H3. The van der Waals surface area contributed by atoms with Crippen molar-refractivity contribution >= 4 is 0 Å². The van der Waals surface area contributed by atoms with Crippen molar-refractivity contribution in [2.24, 2.45) is 0 Å². The monoisotopic (exact) mass is 157 g/mol. The summed E-state index contributed by atoms with van der Waals surface area (Å²) in [4.78, 5) is 0. The molecule has 0 aliphatic carbocycles. The summed E-state index contributed by atoms with van der Waals surface area (Å²) < 4.78 is 5.86.